The van der Waals surface area contributed by atoms with Gasteiger partial charge in [-0.2, -0.15) is 0 Å². The van der Waals surface area contributed by atoms with Gasteiger partial charge in [0.15, 0.2) is 0 Å². The van der Waals surface area contributed by atoms with E-state index in [2.05, 4.69) is 19.2 Å². The van der Waals surface area contributed by atoms with Crippen LogP contribution in [0.5, 0.6) is 0 Å². The SMILES string of the molecule is CCCCCC(CCCCC)Nc1ccccc1C(=O)O. The van der Waals surface area contributed by atoms with Gasteiger partial charge in [0.1, 0.15) is 0 Å². The van der Waals surface area contributed by atoms with E-state index < -0.39 is 5.97 Å². The van der Waals surface area contributed by atoms with Gasteiger partial charge in [0.05, 0.1) is 5.56 Å². The number of carboxylic acids is 1. The zero-order valence-corrected chi connectivity index (χ0v) is 13.4. The van der Waals surface area contributed by atoms with Crippen molar-refractivity contribution >= 4 is 11.7 Å². The van der Waals surface area contributed by atoms with Gasteiger partial charge in [-0.25, -0.2) is 4.79 Å². The van der Waals surface area contributed by atoms with Crippen LogP contribution in [0, 0.1) is 0 Å². The predicted octanol–water partition coefficient (Wildman–Crippen LogP) is 5.33. The Morgan fingerprint density at radius 3 is 2.14 bits per heavy atom. The molecule has 1 aromatic rings. The van der Waals surface area contributed by atoms with Gasteiger partial charge in [0.25, 0.3) is 0 Å². The molecular weight excluding hydrogens is 262 g/mol. The normalized spacial score (nSPS) is 10.8. The number of hydrogen-bond donors (Lipinski definition) is 2. The number of benzene rings is 1. The molecule has 0 spiro atoms. The average molecular weight is 291 g/mol. The third kappa shape index (κ3) is 6.65. The van der Waals surface area contributed by atoms with Crippen molar-refractivity contribution in [2.45, 2.75) is 71.3 Å². The summed E-state index contributed by atoms with van der Waals surface area (Å²) in [6.45, 7) is 4.42. The second-order valence-electron chi connectivity index (χ2n) is 5.68. The Hall–Kier alpha value is -1.51. The van der Waals surface area contributed by atoms with Crippen LogP contribution < -0.4 is 5.32 Å². The summed E-state index contributed by atoms with van der Waals surface area (Å²) < 4.78 is 0. The minimum atomic E-state index is -0.862. The quantitative estimate of drug-likeness (QED) is 0.542. The fourth-order valence-electron chi connectivity index (χ4n) is 2.59. The lowest BCUT2D eigenvalue weighted by molar-refractivity contribution is 0.0698. The molecule has 0 aliphatic heterocycles. The summed E-state index contributed by atoms with van der Waals surface area (Å²) in [5.41, 5.74) is 1.12. The minimum absolute atomic E-state index is 0.369. The second-order valence-corrected chi connectivity index (χ2v) is 5.68. The molecule has 0 bridgehead atoms. The first-order valence-corrected chi connectivity index (χ1v) is 8.27. The van der Waals surface area contributed by atoms with E-state index in [1.165, 1.54) is 38.5 Å². The van der Waals surface area contributed by atoms with Crippen LogP contribution >= 0.6 is 0 Å². The summed E-state index contributed by atoms with van der Waals surface area (Å²) in [6.07, 6.45) is 9.56. The molecular formula is C18H29NO2. The number of hydrogen-bond acceptors (Lipinski definition) is 2. The Labute approximate surface area is 128 Å². The van der Waals surface area contributed by atoms with Crippen molar-refractivity contribution in [1.29, 1.82) is 0 Å². The van der Waals surface area contributed by atoms with E-state index in [1.807, 2.05) is 12.1 Å². The molecule has 0 unspecified atom stereocenters. The first-order valence-electron chi connectivity index (χ1n) is 8.27. The monoisotopic (exact) mass is 291 g/mol. The van der Waals surface area contributed by atoms with Crippen LogP contribution in [-0.2, 0) is 0 Å². The number of aromatic carboxylic acids is 1. The molecule has 0 saturated heterocycles. The maximum absolute atomic E-state index is 11.3. The molecule has 0 amide bonds. The van der Waals surface area contributed by atoms with Gasteiger partial charge < -0.3 is 10.4 Å². The lowest BCUT2D eigenvalue weighted by Crippen LogP contribution is -2.21. The van der Waals surface area contributed by atoms with E-state index in [-0.39, 0.29) is 0 Å². The van der Waals surface area contributed by atoms with E-state index in [4.69, 9.17) is 0 Å². The molecule has 0 fully saturated rings. The Balaban J connectivity index is 2.67. The molecule has 2 N–H and O–H groups in total. The van der Waals surface area contributed by atoms with Crippen molar-refractivity contribution in [1.82, 2.24) is 0 Å². The Bertz CT molecular complexity index is 407. The van der Waals surface area contributed by atoms with Crippen molar-refractivity contribution < 1.29 is 9.90 Å². The maximum atomic E-state index is 11.3. The van der Waals surface area contributed by atoms with Crippen LogP contribution in [0.4, 0.5) is 5.69 Å². The lowest BCUT2D eigenvalue weighted by Gasteiger charge is -2.21. The highest BCUT2D eigenvalue weighted by Gasteiger charge is 2.13. The van der Waals surface area contributed by atoms with E-state index >= 15 is 0 Å². The van der Waals surface area contributed by atoms with Crippen molar-refractivity contribution in [2.75, 3.05) is 5.32 Å². The smallest absolute Gasteiger partial charge is 0.337 e. The lowest BCUT2D eigenvalue weighted by atomic mass is 10.0. The maximum Gasteiger partial charge on any atom is 0.337 e. The zero-order valence-electron chi connectivity index (χ0n) is 13.4. The third-order valence-electron chi connectivity index (χ3n) is 3.83. The van der Waals surface area contributed by atoms with Gasteiger partial charge in [-0.15, -0.1) is 0 Å². The number of nitrogens with one attached hydrogen (secondary N) is 1. The molecule has 21 heavy (non-hydrogen) atoms. The minimum Gasteiger partial charge on any atom is -0.478 e. The summed E-state index contributed by atoms with van der Waals surface area (Å²) in [4.78, 5) is 11.3. The highest BCUT2D eigenvalue weighted by molar-refractivity contribution is 5.94. The van der Waals surface area contributed by atoms with E-state index in [9.17, 15) is 9.90 Å². The third-order valence-corrected chi connectivity index (χ3v) is 3.83. The Morgan fingerprint density at radius 2 is 1.62 bits per heavy atom. The number of para-hydroxylation sites is 1. The molecule has 0 atom stereocenters. The Kier molecular flexibility index (Phi) is 8.56. The van der Waals surface area contributed by atoms with Crippen molar-refractivity contribution in [2.24, 2.45) is 0 Å². The fraction of sp³-hybridized carbons (Fsp3) is 0.611. The first-order chi connectivity index (χ1) is 10.2. The molecule has 0 saturated carbocycles. The molecule has 118 valence electrons. The summed E-state index contributed by atoms with van der Waals surface area (Å²) in [7, 11) is 0. The van der Waals surface area contributed by atoms with Gasteiger partial charge in [0, 0.05) is 11.7 Å². The molecule has 0 radical (unpaired) electrons. The molecule has 0 aliphatic carbocycles. The average Bonchev–Trinajstić information content (AvgIpc) is 2.48. The fourth-order valence-corrected chi connectivity index (χ4v) is 2.59. The predicted molar refractivity (Wildman–Crippen MR) is 89.1 cm³/mol. The van der Waals surface area contributed by atoms with Gasteiger partial charge in [-0.3, -0.25) is 0 Å². The highest BCUT2D eigenvalue weighted by atomic mass is 16.4. The van der Waals surface area contributed by atoms with Crippen molar-refractivity contribution in [3.8, 4) is 0 Å². The molecule has 0 heterocycles. The molecule has 3 heteroatoms. The standard InChI is InChI=1S/C18H29NO2/c1-3-5-7-11-15(12-8-6-4-2)19-17-14-10-9-13-16(17)18(20)21/h9-10,13-15,19H,3-8,11-12H2,1-2H3,(H,20,21). The summed E-state index contributed by atoms with van der Waals surface area (Å²) >= 11 is 0. The molecule has 0 aromatic heterocycles. The number of unbranched alkanes of at least 4 members (excludes halogenated alkanes) is 4. The number of carbonyl (C=O) groups is 1. The van der Waals surface area contributed by atoms with E-state index in [0.717, 1.165) is 18.5 Å². The number of anilines is 1. The summed E-state index contributed by atoms with van der Waals surface area (Å²) in [6, 6.07) is 7.58. The molecule has 1 aromatic carbocycles. The van der Waals surface area contributed by atoms with Crippen LogP contribution in [0.3, 0.4) is 0 Å². The van der Waals surface area contributed by atoms with Gasteiger partial charge in [0.2, 0.25) is 0 Å². The topological polar surface area (TPSA) is 49.3 Å². The van der Waals surface area contributed by atoms with E-state index in [1.54, 1.807) is 12.1 Å². The second kappa shape index (κ2) is 10.3. The van der Waals surface area contributed by atoms with Crippen LogP contribution in [0.1, 0.15) is 75.6 Å². The van der Waals surface area contributed by atoms with Crippen LogP contribution in [0.2, 0.25) is 0 Å². The van der Waals surface area contributed by atoms with Crippen LogP contribution in [-0.4, -0.2) is 17.1 Å². The zero-order chi connectivity index (χ0) is 15.5. The van der Waals surface area contributed by atoms with Gasteiger partial charge in [-0.1, -0.05) is 64.5 Å². The van der Waals surface area contributed by atoms with Crippen molar-refractivity contribution in [3.05, 3.63) is 29.8 Å². The van der Waals surface area contributed by atoms with Crippen LogP contribution in [0.15, 0.2) is 24.3 Å². The molecule has 1 rings (SSSR count). The summed E-state index contributed by atoms with van der Waals surface area (Å²) in [5.74, 6) is -0.862. The number of carboxylic acid groups (broad SMARTS) is 1. The number of rotatable bonds is 11. The van der Waals surface area contributed by atoms with Gasteiger partial charge >= 0.3 is 5.97 Å². The highest BCUT2D eigenvalue weighted by Crippen LogP contribution is 2.20. The Morgan fingerprint density at radius 1 is 1.05 bits per heavy atom. The summed E-state index contributed by atoms with van der Waals surface area (Å²) in [5, 5.41) is 12.7. The molecule has 3 nitrogen and oxygen atoms in total. The van der Waals surface area contributed by atoms with Crippen molar-refractivity contribution in [3.63, 3.8) is 0 Å². The first kappa shape index (κ1) is 17.5. The van der Waals surface area contributed by atoms with Crippen LogP contribution in [0.25, 0.3) is 0 Å². The van der Waals surface area contributed by atoms with E-state index in [0.29, 0.717) is 11.6 Å². The molecule has 0 aliphatic rings. The largest absolute Gasteiger partial charge is 0.478 e. The van der Waals surface area contributed by atoms with Gasteiger partial charge in [-0.05, 0) is 25.0 Å².